The SMILES string of the molecule is CC(C)C[C@H]1NC(=O)CCCN(C(=O)C2(c3ccc(Cl)cc3)CCC2)CCn2nc(-c3ccccc3)nc2[C@@H](C)NC1=O. The molecule has 228 valence electrons. The fraction of sp³-hybridized carbons (Fsp3) is 0.485. The molecule has 43 heavy (non-hydrogen) atoms. The maximum absolute atomic E-state index is 14.3. The molecule has 0 unspecified atom stereocenters. The van der Waals surface area contributed by atoms with Gasteiger partial charge in [0.15, 0.2) is 5.82 Å². The van der Waals surface area contributed by atoms with Crippen LogP contribution in [0.4, 0.5) is 0 Å². The van der Waals surface area contributed by atoms with Gasteiger partial charge in [0.2, 0.25) is 17.7 Å². The fourth-order valence-electron chi connectivity index (χ4n) is 6.09. The third-order valence-electron chi connectivity index (χ3n) is 8.55. The molecule has 2 aromatic carbocycles. The molecule has 1 saturated carbocycles. The molecule has 1 aliphatic heterocycles. The second kappa shape index (κ2) is 13.3. The summed E-state index contributed by atoms with van der Waals surface area (Å²) >= 11 is 6.17. The predicted molar refractivity (Wildman–Crippen MR) is 166 cm³/mol. The molecular formula is C33H41ClN6O3. The molecule has 2 heterocycles. The summed E-state index contributed by atoms with van der Waals surface area (Å²) in [7, 11) is 0. The van der Waals surface area contributed by atoms with Crippen molar-refractivity contribution in [3.63, 3.8) is 0 Å². The standard InChI is InChI=1S/C33H41ClN6O3/c1-22(2)21-27-31(42)35-23(3)30-37-29(24-9-5-4-6-10-24)38-40(30)20-19-39(18-7-11-28(41)36-27)32(43)33(16-8-17-33)25-12-14-26(34)15-13-25/h4-6,9-10,12-15,22-23,27H,7-8,11,16-21H2,1-3H3,(H,35,42)(H,36,41)/t23-,27-/m1/s1. The van der Waals surface area contributed by atoms with Crippen molar-refractivity contribution in [1.29, 1.82) is 0 Å². The Labute approximate surface area is 258 Å². The molecule has 0 spiro atoms. The number of rotatable bonds is 5. The maximum atomic E-state index is 14.3. The summed E-state index contributed by atoms with van der Waals surface area (Å²) in [5.74, 6) is 0.998. The Morgan fingerprint density at radius 3 is 2.37 bits per heavy atom. The second-order valence-corrected chi connectivity index (χ2v) is 12.6. The predicted octanol–water partition coefficient (Wildman–Crippen LogP) is 5.05. The van der Waals surface area contributed by atoms with Crippen LogP contribution in [0.3, 0.4) is 0 Å². The van der Waals surface area contributed by atoms with Gasteiger partial charge in [0.25, 0.3) is 0 Å². The molecule has 10 heteroatoms. The van der Waals surface area contributed by atoms with E-state index >= 15 is 0 Å². The zero-order valence-corrected chi connectivity index (χ0v) is 25.9. The number of amides is 3. The van der Waals surface area contributed by atoms with Crippen molar-refractivity contribution < 1.29 is 14.4 Å². The number of hydrogen-bond donors (Lipinski definition) is 2. The summed E-state index contributed by atoms with van der Waals surface area (Å²) in [5, 5.41) is 11.5. The van der Waals surface area contributed by atoms with Crippen molar-refractivity contribution in [2.75, 3.05) is 13.1 Å². The van der Waals surface area contributed by atoms with Crippen LogP contribution in [0.15, 0.2) is 54.6 Å². The van der Waals surface area contributed by atoms with Crippen molar-refractivity contribution in [3.05, 3.63) is 71.0 Å². The molecule has 5 rings (SSSR count). The Hall–Kier alpha value is -3.72. The van der Waals surface area contributed by atoms with Gasteiger partial charge in [0.1, 0.15) is 11.9 Å². The van der Waals surface area contributed by atoms with Gasteiger partial charge in [-0.3, -0.25) is 14.4 Å². The summed E-state index contributed by atoms with van der Waals surface area (Å²) in [6.07, 6.45) is 3.75. The van der Waals surface area contributed by atoms with Gasteiger partial charge < -0.3 is 15.5 Å². The number of aromatic nitrogens is 3. The third kappa shape index (κ3) is 6.93. The highest BCUT2D eigenvalue weighted by molar-refractivity contribution is 6.30. The topological polar surface area (TPSA) is 109 Å². The molecule has 3 amide bonds. The van der Waals surface area contributed by atoms with Gasteiger partial charge in [0.05, 0.1) is 18.0 Å². The largest absolute Gasteiger partial charge is 0.345 e. The maximum Gasteiger partial charge on any atom is 0.243 e. The summed E-state index contributed by atoms with van der Waals surface area (Å²) in [4.78, 5) is 47.4. The fourth-order valence-corrected chi connectivity index (χ4v) is 6.21. The average Bonchev–Trinajstić information content (AvgIpc) is 3.39. The third-order valence-corrected chi connectivity index (χ3v) is 8.80. The highest BCUT2D eigenvalue weighted by atomic mass is 35.5. The number of carbonyl (C=O) groups excluding carboxylic acids is 3. The molecule has 0 radical (unpaired) electrons. The molecule has 0 saturated heterocycles. The zero-order valence-electron chi connectivity index (χ0n) is 25.2. The summed E-state index contributed by atoms with van der Waals surface area (Å²) in [5.41, 5.74) is 1.25. The number of fused-ring (bicyclic) bond motifs is 1. The Morgan fingerprint density at radius 1 is 1.00 bits per heavy atom. The van der Waals surface area contributed by atoms with E-state index in [0.717, 1.165) is 30.4 Å². The number of benzene rings is 2. The first-order chi connectivity index (χ1) is 20.7. The van der Waals surface area contributed by atoms with E-state index in [-0.39, 0.29) is 30.1 Å². The number of halogens is 1. The Kier molecular flexibility index (Phi) is 9.49. The Bertz CT molecular complexity index is 1430. The number of nitrogens with one attached hydrogen (secondary N) is 2. The Morgan fingerprint density at radius 2 is 1.72 bits per heavy atom. The van der Waals surface area contributed by atoms with E-state index in [1.54, 1.807) is 0 Å². The number of hydrogen-bond acceptors (Lipinski definition) is 5. The van der Waals surface area contributed by atoms with E-state index in [1.807, 2.05) is 85.0 Å². The van der Waals surface area contributed by atoms with Crippen LogP contribution in [0, 0.1) is 5.92 Å². The lowest BCUT2D eigenvalue weighted by Gasteiger charge is -2.44. The number of nitrogens with zero attached hydrogens (tertiary/aromatic N) is 4. The smallest absolute Gasteiger partial charge is 0.243 e. The molecule has 2 aliphatic rings. The van der Waals surface area contributed by atoms with E-state index in [1.165, 1.54) is 0 Å². The second-order valence-electron chi connectivity index (χ2n) is 12.2. The van der Waals surface area contributed by atoms with Crippen LogP contribution in [0.5, 0.6) is 0 Å². The highest BCUT2D eigenvalue weighted by Gasteiger charge is 2.47. The van der Waals surface area contributed by atoms with E-state index < -0.39 is 17.5 Å². The van der Waals surface area contributed by atoms with Crippen molar-refractivity contribution in [3.8, 4) is 11.4 Å². The van der Waals surface area contributed by atoms with Gasteiger partial charge in [0, 0.05) is 30.1 Å². The molecular weight excluding hydrogens is 564 g/mol. The molecule has 1 aliphatic carbocycles. The minimum Gasteiger partial charge on any atom is -0.345 e. The highest BCUT2D eigenvalue weighted by Crippen LogP contribution is 2.45. The van der Waals surface area contributed by atoms with E-state index in [9.17, 15) is 14.4 Å². The van der Waals surface area contributed by atoms with Crippen molar-refractivity contribution >= 4 is 29.3 Å². The van der Waals surface area contributed by atoms with Crippen molar-refractivity contribution in [1.82, 2.24) is 30.3 Å². The molecule has 1 aromatic heterocycles. The summed E-state index contributed by atoms with van der Waals surface area (Å²) in [6.45, 7) is 7.15. The average molecular weight is 605 g/mol. The van der Waals surface area contributed by atoms with Gasteiger partial charge in [-0.2, -0.15) is 5.10 Å². The molecule has 3 aromatic rings. The molecule has 2 N–H and O–H groups in total. The lowest BCUT2D eigenvalue weighted by Crippen LogP contribution is -2.52. The summed E-state index contributed by atoms with van der Waals surface area (Å²) < 4.78 is 1.81. The van der Waals surface area contributed by atoms with E-state index in [0.29, 0.717) is 49.1 Å². The van der Waals surface area contributed by atoms with Gasteiger partial charge in [-0.05, 0) is 56.2 Å². The number of carbonyl (C=O) groups is 3. The van der Waals surface area contributed by atoms with Crippen LogP contribution in [0.25, 0.3) is 11.4 Å². The van der Waals surface area contributed by atoms with Crippen LogP contribution in [-0.4, -0.2) is 56.5 Å². The first-order valence-electron chi connectivity index (χ1n) is 15.3. The van der Waals surface area contributed by atoms with Gasteiger partial charge in [-0.15, -0.1) is 0 Å². The lowest BCUT2D eigenvalue weighted by atomic mass is 9.63. The first kappa shape index (κ1) is 30.7. The summed E-state index contributed by atoms with van der Waals surface area (Å²) in [6, 6.07) is 16.2. The Balaban J connectivity index is 1.48. The quantitative estimate of drug-likeness (QED) is 0.424. The van der Waals surface area contributed by atoms with Gasteiger partial charge in [-0.1, -0.05) is 74.3 Å². The normalized spacial score (nSPS) is 21.3. The molecule has 1 fully saturated rings. The van der Waals surface area contributed by atoms with Crippen LogP contribution in [-0.2, 0) is 26.3 Å². The minimum absolute atomic E-state index is 0.0672. The van der Waals surface area contributed by atoms with Crippen LogP contribution in [0.2, 0.25) is 5.02 Å². The van der Waals surface area contributed by atoms with Crippen molar-refractivity contribution in [2.45, 2.75) is 83.3 Å². The van der Waals surface area contributed by atoms with Gasteiger partial charge >= 0.3 is 0 Å². The molecule has 9 nitrogen and oxygen atoms in total. The first-order valence-corrected chi connectivity index (χ1v) is 15.7. The van der Waals surface area contributed by atoms with Crippen molar-refractivity contribution in [2.24, 2.45) is 5.92 Å². The molecule has 0 bridgehead atoms. The van der Waals surface area contributed by atoms with Crippen LogP contribution in [0.1, 0.15) is 76.7 Å². The monoisotopic (exact) mass is 604 g/mol. The van der Waals surface area contributed by atoms with E-state index in [4.69, 9.17) is 21.7 Å². The zero-order chi connectivity index (χ0) is 30.6. The van der Waals surface area contributed by atoms with Crippen LogP contribution >= 0.6 is 11.6 Å². The minimum atomic E-state index is -0.663. The van der Waals surface area contributed by atoms with E-state index in [2.05, 4.69) is 10.6 Å². The lowest BCUT2D eigenvalue weighted by molar-refractivity contribution is -0.141. The van der Waals surface area contributed by atoms with Crippen LogP contribution < -0.4 is 10.6 Å². The molecule has 2 atom stereocenters. The van der Waals surface area contributed by atoms with Gasteiger partial charge in [-0.25, -0.2) is 9.67 Å².